The monoisotopic (exact) mass is 241 g/mol. The maximum absolute atomic E-state index is 12.1. The molecule has 0 bridgehead atoms. The molecule has 0 aromatic carbocycles. The molecule has 5 heteroatoms. The molecule has 0 spiro atoms. The molecule has 2 amide bonds. The lowest BCUT2D eigenvalue weighted by Gasteiger charge is -2.30. The van der Waals surface area contributed by atoms with Gasteiger partial charge in [0.2, 0.25) is 5.91 Å². The van der Waals surface area contributed by atoms with Crippen LogP contribution >= 0.6 is 0 Å². The van der Waals surface area contributed by atoms with Crippen LogP contribution < -0.4 is 0 Å². The minimum Gasteiger partial charge on any atom is -0.447 e. The minimum absolute atomic E-state index is 0.161. The van der Waals surface area contributed by atoms with Gasteiger partial charge in [0, 0.05) is 5.92 Å². The molecule has 17 heavy (non-hydrogen) atoms. The molecule has 1 saturated heterocycles. The van der Waals surface area contributed by atoms with Crippen molar-refractivity contribution < 1.29 is 19.4 Å². The Balaban J connectivity index is 1.96. The zero-order valence-corrected chi connectivity index (χ0v) is 10.1. The number of aliphatic hydroxyl groups is 1. The van der Waals surface area contributed by atoms with Crippen molar-refractivity contribution in [3.8, 4) is 0 Å². The Labute approximate surface area is 101 Å². The Bertz CT molecular complexity index is 318. The van der Waals surface area contributed by atoms with Crippen LogP contribution in [0.25, 0.3) is 0 Å². The van der Waals surface area contributed by atoms with Gasteiger partial charge < -0.3 is 9.84 Å². The number of hydrogen-bond acceptors (Lipinski definition) is 4. The zero-order chi connectivity index (χ0) is 12.4. The maximum atomic E-state index is 12.1. The maximum Gasteiger partial charge on any atom is 0.416 e. The number of amides is 2. The lowest BCUT2D eigenvalue weighted by Crippen LogP contribution is -2.40. The number of carbonyl (C=O) groups is 2. The van der Waals surface area contributed by atoms with Crippen molar-refractivity contribution in [1.82, 2.24) is 4.90 Å². The van der Waals surface area contributed by atoms with Gasteiger partial charge in [0.1, 0.15) is 6.61 Å². The van der Waals surface area contributed by atoms with E-state index in [9.17, 15) is 14.7 Å². The first-order valence-electron chi connectivity index (χ1n) is 6.26. The van der Waals surface area contributed by atoms with Crippen molar-refractivity contribution in [3.63, 3.8) is 0 Å². The first-order valence-corrected chi connectivity index (χ1v) is 6.26. The van der Waals surface area contributed by atoms with Gasteiger partial charge in [-0.2, -0.15) is 0 Å². The molecule has 1 saturated carbocycles. The molecule has 1 aliphatic heterocycles. The van der Waals surface area contributed by atoms with Gasteiger partial charge in [-0.05, 0) is 25.2 Å². The summed E-state index contributed by atoms with van der Waals surface area (Å²) in [5, 5.41) is 9.61. The van der Waals surface area contributed by atoms with E-state index in [0.717, 1.165) is 19.3 Å². The average molecular weight is 241 g/mol. The fraction of sp³-hybridized carbons (Fsp3) is 0.833. The SMILES string of the molecule is CC(C(=O)N1CCOC1=O)C1CCCC(O)C1. The van der Waals surface area contributed by atoms with Crippen molar-refractivity contribution in [3.05, 3.63) is 0 Å². The van der Waals surface area contributed by atoms with Crippen LogP contribution in [0.2, 0.25) is 0 Å². The van der Waals surface area contributed by atoms with E-state index in [2.05, 4.69) is 0 Å². The molecule has 2 rings (SSSR count). The Kier molecular flexibility index (Phi) is 3.66. The standard InChI is InChI=1S/C12H19NO4/c1-8(9-3-2-4-10(14)7-9)11(15)13-5-6-17-12(13)16/h8-10,14H,2-7H2,1H3. The van der Waals surface area contributed by atoms with Crippen LogP contribution in [0.5, 0.6) is 0 Å². The molecular formula is C12H19NO4. The summed E-state index contributed by atoms with van der Waals surface area (Å²) in [6.45, 7) is 2.50. The quantitative estimate of drug-likeness (QED) is 0.787. The third-order valence-electron chi connectivity index (χ3n) is 3.81. The van der Waals surface area contributed by atoms with E-state index in [-0.39, 0.29) is 23.8 Å². The predicted octanol–water partition coefficient (Wildman–Crippen LogP) is 1.15. The predicted molar refractivity (Wildman–Crippen MR) is 60.2 cm³/mol. The second-order valence-corrected chi connectivity index (χ2v) is 4.97. The number of aliphatic hydroxyl groups excluding tert-OH is 1. The summed E-state index contributed by atoms with van der Waals surface area (Å²) in [5.41, 5.74) is 0. The molecule has 1 N–H and O–H groups in total. The highest BCUT2D eigenvalue weighted by molar-refractivity contribution is 5.94. The number of imide groups is 1. The number of ether oxygens (including phenoxy) is 1. The summed E-state index contributed by atoms with van der Waals surface area (Å²) >= 11 is 0. The minimum atomic E-state index is -0.529. The molecule has 5 nitrogen and oxygen atoms in total. The van der Waals surface area contributed by atoms with Crippen LogP contribution in [0.15, 0.2) is 0 Å². The summed E-state index contributed by atoms with van der Waals surface area (Å²) in [6, 6.07) is 0. The molecule has 3 atom stereocenters. The molecule has 0 aromatic rings. The average Bonchev–Trinajstić information content (AvgIpc) is 2.73. The number of nitrogens with zero attached hydrogens (tertiary/aromatic N) is 1. The molecule has 2 aliphatic rings. The van der Waals surface area contributed by atoms with Crippen LogP contribution in [-0.2, 0) is 9.53 Å². The van der Waals surface area contributed by atoms with Crippen molar-refractivity contribution in [1.29, 1.82) is 0 Å². The summed E-state index contributed by atoms with van der Waals surface area (Å²) < 4.78 is 4.76. The van der Waals surface area contributed by atoms with Crippen LogP contribution in [0.3, 0.4) is 0 Å². The molecule has 3 unspecified atom stereocenters. The number of rotatable bonds is 2. The highest BCUT2D eigenvalue weighted by Crippen LogP contribution is 2.31. The van der Waals surface area contributed by atoms with E-state index in [0.29, 0.717) is 19.6 Å². The lowest BCUT2D eigenvalue weighted by molar-refractivity contribution is -0.134. The molecule has 0 aromatic heterocycles. The fourth-order valence-electron chi connectivity index (χ4n) is 2.70. The second kappa shape index (κ2) is 5.04. The van der Waals surface area contributed by atoms with Gasteiger partial charge in [-0.1, -0.05) is 13.3 Å². The summed E-state index contributed by atoms with van der Waals surface area (Å²) in [4.78, 5) is 24.6. The number of hydrogen-bond donors (Lipinski definition) is 1. The summed E-state index contributed by atoms with van der Waals surface area (Å²) in [5.74, 6) is -0.193. The first kappa shape index (κ1) is 12.4. The van der Waals surface area contributed by atoms with Crippen molar-refractivity contribution >= 4 is 12.0 Å². The number of carbonyl (C=O) groups excluding carboxylic acids is 2. The van der Waals surface area contributed by atoms with Crippen LogP contribution in [0, 0.1) is 11.8 Å². The number of cyclic esters (lactones) is 1. The fourth-order valence-corrected chi connectivity index (χ4v) is 2.70. The van der Waals surface area contributed by atoms with Gasteiger partial charge in [0.05, 0.1) is 12.6 Å². The zero-order valence-electron chi connectivity index (χ0n) is 10.1. The molecule has 96 valence electrons. The van der Waals surface area contributed by atoms with Gasteiger partial charge in [-0.3, -0.25) is 4.79 Å². The van der Waals surface area contributed by atoms with E-state index in [4.69, 9.17) is 4.74 Å². The molecular weight excluding hydrogens is 222 g/mol. The van der Waals surface area contributed by atoms with E-state index in [1.54, 1.807) is 0 Å². The van der Waals surface area contributed by atoms with Crippen LogP contribution in [0.4, 0.5) is 4.79 Å². The third-order valence-corrected chi connectivity index (χ3v) is 3.81. The molecule has 0 radical (unpaired) electrons. The van der Waals surface area contributed by atoms with Gasteiger partial charge in [-0.15, -0.1) is 0 Å². The van der Waals surface area contributed by atoms with Gasteiger partial charge in [0.15, 0.2) is 0 Å². The third kappa shape index (κ3) is 2.60. The van der Waals surface area contributed by atoms with E-state index in [1.165, 1.54) is 4.90 Å². The van der Waals surface area contributed by atoms with E-state index >= 15 is 0 Å². The van der Waals surface area contributed by atoms with E-state index in [1.807, 2.05) is 6.92 Å². The Morgan fingerprint density at radius 3 is 2.88 bits per heavy atom. The highest BCUT2D eigenvalue weighted by Gasteiger charge is 2.36. The van der Waals surface area contributed by atoms with Crippen molar-refractivity contribution in [2.75, 3.05) is 13.2 Å². The Morgan fingerprint density at radius 1 is 1.53 bits per heavy atom. The normalized spacial score (nSPS) is 31.2. The van der Waals surface area contributed by atoms with Crippen LogP contribution in [-0.4, -0.2) is 41.3 Å². The van der Waals surface area contributed by atoms with Crippen molar-refractivity contribution in [2.24, 2.45) is 11.8 Å². The Hall–Kier alpha value is -1.10. The van der Waals surface area contributed by atoms with Gasteiger partial charge in [-0.25, -0.2) is 9.69 Å². The largest absolute Gasteiger partial charge is 0.447 e. The van der Waals surface area contributed by atoms with E-state index < -0.39 is 6.09 Å². The highest BCUT2D eigenvalue weighted by atomic mass is 16.6. The molecule has 1 aliphatic carbocycles. The van der Waals surface area contributed by atoms with Gasteiger partial charge >= 0.3 is 6.09 Å². The second-order valence-electron chi connectivity index (χ2n) is 4.97. The molecule has 2 fully saturated rings. The lowest BCUT2D eigenvalue weighted by atomic mass is 9.79. The summed E-state index contributed by atoms with van der Waals surface area (Å²) in [6.07, 6.45) is 2.56. The first-order chi connectivity index (χ1) is 8.09. The summed E-state index contributed by atoms with van der Waals surface area (Å²) in [7, 11) is 0. The molecule has 1 heterocycles. The Morgan fingerprint density at radius 2 is 2.29 bits per heavy atom. The topological polar surface area (TPSA) is 66.8 Å². The van der Waals surface area contributed by atoms with Gasteiger partial charge in [0.25, 0.3) is 0 Å². The van der Waals surface area contributed by atoms with Crippen LogP contribution in [0.1, 0.15) is 32.6 Å². The van der Waals surface area contributed by atoms with Crippen molar-refractivity contribution in [2.45, 2.75) is 38.7 Å². The smallest absolute Gasteiger partial charge is 0.416 e.